The summed E-state index contributed by atoms with van der Waals surface area (Å²) in [6.45, 7) is 5.71. The van der Waals surface area contributed by atoms with Crippen LogP contribution in [0.2, 0.25) is 5.02 Å². The van der Waals surface area contributed by atoms with Crippen LogP contribution in [0.5, 0.6) is 0 Å². The van der Waals surface area contributed by atoms with E-state index in [2.05, 4.69) is 18.6 Å². The lowest BCUT2D eigenvalue weighted by Gasteiger charge is -2.09. The molecule has 0 saturated heterocycles. The van der Waals surface area contributed by atoms with Crippen molar-refractivity contribution in [2.24, 2.45) is 5.92 Å². The summed E-state index contributed by atoms with van der Waals surface area (Å²) in [5, 5.41) is 0.228. The maximum atomic E-state index is 12.0. The average molecular weight is 306 g/mol. The highest BCUT2D eigenvalue weighted by Gasteiger charge is 2.16. The number of ether oxygens (including phenoxy) is 1. The van der Waals surface area contributed by atoms with Crippen LogP contribution in [0.3, 0.4) is 0 Å². The quantitative estimate of drug-likeness (QED) is 0.751. The molecule has 1 aromatic carbocycles. The summed E-state index contributed by atoms with van der Waals surface area (Å²) >= 11 is 5.86. The highest BCUT2D eigenvalue weighted by molar-refractivity contribution is 7.89. The number of hydrogen-bond acceptors (Lipinski definition) is 3. The fourth-order valence-corrected chi connectivity index (χ4v) is 3.03. The number of halogens is 1. The Balaban J connectivity index is 2.38. The van der Waals surface area contributed by atoms with Crippen molar-refractivity contribution in [1.29, 1.82) is 0 Å². The fourth-order valence-electron chi connectivity index (χ4n) is 1.44. The van der Waals surface area contributed by atoms with Crippen molar-refractivity contribution in [2.45, 2.75) is 25.2 Å². The Kier molecular flexibility index (Phi) is 6.79. The Morgan fingerprint density at radius 3 is 2.63 bits per heavy atom. The molecule has 0 spiro atoms. The van der Waals surface area contributed by atoms with E-state index in [1.165, 1.54) is 6.07 Å². The van der Waals surface area contributed by atoms with Gasteiger partial charge in [-0.05, 0) is 24.5 Å². The minimum Gasteiger partial charge on any atom is -0.381 e. The van der Waals surface area contributed by atoms with E-state index in [1.807, 2.05) is 0 Å². The van der Waals surface area contributed by atoms with Crippen LogP contribution in [0.15, 0.2) is 29.2 Å². The number of nitrogens with one attached hydrogen (secondary N) is 1. The molecule has 0 radical (unpaired) electrons. The van der Waals surface area contributed by atoms with Crippen molar-refractivity contribution >= 4 is 21.6 Å². The zero-order valence-electron chi connectivity index (χ0n) is 11.2. The predicted octanol–water partition coefficient (Wildman–Crippen LogP) is 2.68. The molecule has 0 fully saturated rings. The smallest absolute Gasteiger partial charge is 0.242 e. The first-order valence-corrected chi connectivity index (χ1v) is 8.11. The number of sulfonamides is 1. The standard InChI is InChI=1S/C13H20ClNO3S/c1-11(2)10-18-9-5-8-15-19(16,17)13-7-4-3-6-12(13)14/h3-4,6-7,11,15H,5,8-10H2,1-2H3. The first-order valence-electron chi connectivity index (χ1n) is 6.25. The Labute approximate surface area is 120 Å². The van der Waals surface area contributed by atoms with Gasteiger partial charge in [-0.15, -0.1) is 0 Å². The fraction of sp³-hybridized carbons (Fsp3) is 0.538. The highest BCUT2D eigenvalue weighted by Crippen LogP contribution is 2.19. The summed E-state index contributed by atoms with van der Waals surface area (Å²) < 4.78 is 31.8. The maximum Gasteiger partial charge on any atom is 0.242 e. The third-order valence-corrected chi connectivity index (χ3v) is 4.30. The molecule has 0 bridgehead atoms. The van der Waals surface area contributed by atoms with Gasteiger partial charge in [-0.25, -0.2) is 13.1 Å². The summed E-state index contributed by atoms with van der Waals surface area (Å²) in [6, 6.07) is 6.38. The highest BCUT2D eigenvalue weighted by atomic mass is 35.5. The van der Waals surface area contributed by atoms with Crippen molar-refractivity contribution in [2.75, 3.05) is 19.8 Å². The van der Waals surface area contributed by atoms with E-state index in [1.54, 1.807) is 18.2 Å². The summed E-state index contributed by atoms with van der Waals surface area (Å²) in [6.07, 6.45) is 0.635. The van der Waals surface area contributed by atoms with Crippen LogP contribution in [0.25, 0.3) is 0 Å². The van der Waals surface area contributed by atoms with Crippen LogP contribution < -0.4 is 4.72 Å². The lowest BCUT2D eigenvalue weighted by Crippen LogP contribution is -2.26. The third-order valence-electron chi connectivity index (χ3n) is 2.33. The molecule has 6 heteroatoms. The lowest BCUT2D eigenvalue weighted by atomic mass is 10.2. The van der Waals surface area contributed by atoms with E-state index < -0.39 is 10.0 Å². The molecular formula is C13H20ClNO3S. The molecule has 0 aliphatic heterocycles. The van der Waals surface area contributed by atoms with Crippen molar-refractivity contribution < 1.29 is 13.2 Å². The van der Waals surface area contributed by atoms with E-state index in [0.717, 1.165) is 0 Å². The van der Waals surface area contributed by atoms with Crippen molar-refractivity contribution in [3.8, 4) is 0 Å². The normalized spacial score (nSPS) is 12.0. The Bertz CT molecular complexity index is 488. The summed E-state index contributed by atoms with van der Waals surface area (Å²) in [5.41, 5.74) is 0. The van der Waals surface area contributed by atoms with Crippen molar-refractivity contribution in [3.05, 3.63) is 29.3 Å². The maximum absolute atomic E-state index is 12.0. The molecule has 0 saturated carbocycles. The van der Waals surface area contributed by atoms with Crippen LogP contribution in [0, 0.1) is 5.92 Å². The lowest BCUT2D eigenvalue weighted by molar-refractivity contribution is 0.108. The molecule has 19 heavy (non-hydrogen) atoms. The van der Waals surface area contributed by atoms with Crippen LogP contribution in [0.4, 0.5) is 0 Å². The zero-order chi connectivity index (χ0) is 14.3. The summed E-state index contributed by atoms with van der Waals surface area (Å²) in [4.78, 5) is 0.111. The third kappa shape index (κ3) is 5.91. The minimum atomic E-state index is -3.53. The second-order valence-corrected chi connectivity index (χ2v) is 6.79. The van der Waals surface area contributed by atoms with Gasteiger partial charge in [0.1, 0.15) is 4.90 Å². The average Bonchev–Trinajstić information content (AvgIpc) is 2.33. The zero-order valence-corrected chi connectivity index (χ0v) is 12.8. The summed E-state index contributed by atoms with van der Waals surface area (Å²) in [5.74, 6) is 0.486. The molecule has 108 valence electrons. The van der Waals surface area contributed by atoms with E-state index in [0.29, 0.717) is 32.1 Å². The van der Waals surface area contributed by atoms with Gasteiger partial charge in [0, 0.05) is 19.8 Å². The van der Waals surface area contributed by atoms with Gasteiger partial charge in [0.05, 0.1) is 5.02 Å². The van der Waals surface area contributed by atoms with Gasteiger partial charge in [0.2, 0.25) is 10.0 Å². The van der Waals surface area contributed by atoms with Crippen molar-refractivity contribution in [3.63, 3.8) is 0 Å². The van der Waals surface area contributed by atoms with Gasteiger partial charge in [0.25, 0.3) is 0 Å². The molecule has 0 aromatic heterocycles. The second kappa shape index (κ2) is 7.85. The molecule has 0 atom stereocenters. The predicted molar refractivity (Wildman–Crippen MR) is 76.9 cm³/mol. The Morgan fingerprint density at radius 1 is 1.32 bits per heavy atom. The largest absolute Gasteiger partial charge is 0.381 e. The van der Waals surface area contributed by atoms with Crippen LogP contribution in [-0.4, -0.2) is 28.2 Å². The number of rotatable bonds is 8. The molecule has 0 amide bonds. The molecule has 1 rings (SSSR count). The molecule has 0 heterocycles. The van der Waals surface area contributed by atoms with Crippen LogP contribution in [-0.2, 0) is 14.8 Å². The Hall–Kier alpha value is -0.620. The van der Waals surface area contributed by atoms with E-state index in [-0.39, 0.29) is 9.92 Å². The van der Waals surface area contributed by atoms with Gasteiger partial charge in [-0.3, -0.25) is 0 Å². The van der Waals surface area contributed by atoms with E-state index in [9.17, 15) is 8.42 Å². The van der Waals surface area contributed by atoms with E-state index >= 15 is 0 Å². The van der Waals surface area contributed by atoms with Crippen LogP contribution in [0.1, 0.15) is 20.3 Å². The second-order valence-electron chi connectivity index (χ2n) is 4.65. The topological polar surface area (TPSA) is 55.4 Å². The van der Waals surface area contributed by atoms with E-state index in [4.69, 9.17) is 16.3 Å². The van der Waals surface area contributed by atoms with Crippen LogP contribution >= 0.6 is 11.6 Å². The van der Waals surface area contributed by atoms with Gasteiger partial charge >= 0.3 is 0 Å². The Morgan fingerprint density at radius 2 is 2.00 bits per heavy atom. The molecule has 4 nitrogen and oxygen atoms in total. The van der Waals surface area contributed by atoms with Gasteiger partial charge in [-0.2, -0.15) is 0 Å². The van der Waals surface area contributed by atoms with Gasteiger partial charge in [0.15, 0.2) is 0 Å². The SMILES string of the molecule is CC(C)COCCCNS(=O)(=O)c1ccccc1Cl. The van der Waals surface area contributed by atoms with Crippen molar-refractivity contribution in [1.82, 2.24) is 4.72 Å². The molecule has 1 N–H and O–H groups in total. The minimum absolute atomic E-state index is 0.111. The number of benzene rings is 1. The molecule has 0 aliphatic rings. The molecule has 1 aromatic rings. The van der Waals surface area contributed by atoms with Gasteiger partial charge in [-0.1, -0.05) is 37.6 Å². The molecular weight excluding hydrogens is 286 g/mol. The molecule has 0 unspecified atom stereocenters. The van der Waals surface area contributed by atoms with Gasteiger partial charge < -0.3 is 4.74 Å². The first kappa shape index (κ1) is 16.4. The first-order chi connectivity index (χ1) is 8.93. The summed E-state index contributed by atoms with van der Waals surface area (Å²) in [7, 11) is -3.53. The monoisotopic (exact) mass is 305 g/mol. The number of hydrogen-bond donors (Lipinski definition) is 1. The molecule has 0 aliphatic carbocycles.